The molecule has 1 heteroatoms. The molecule has 200 valence electrons. The molecule has 42 heavy (non-hydrogen) atoms. The SMILES string of the molecule is CC1(C)c2ccccc2C2(c3ccc(-c4cccc(-c5ccccc5)c4)cc3-c3c(C=N)cccc32)c2ccccc21. The number of hydrogen-bond donors (Lipinski definition) is 1. The average molecular weight is 538 g/mol. The zero-order valence-corrected chi connectivity index (χ0v) is 23.9. The van der Waals surface area contributed by atoms with E-state index < -0.39 is 5.41 Å². The number of fused-ring (bicyclic) bond motifs is 9. The fourth-order valence-electron chi connectivity index (χ4n) is 7.80. The van der Waals surface area contributed by atoms with Crippen LogP contribution in [0.5, 0.6) is 0 Å². The second-order valence-electron chi connectivity index (χ2n) is 12.1. The Bertz CT molecular complexity index is 1980. The molecule has 2 aliphatic carbocycles. The summed E-state index contributed by atoms with van der Waals surface area (Å²) in [4.78, 5) is 0. The standard InChI is InChI=1S/C41H31N/c1-40(2)34-17-6-8-19-36(34)41(37-20-9-7-18-35(37)40)33-23-22-30(25-32(33)39-31(26-42)16-11-21-38(39)41)29-15-10-14-28(24-29)27-12-4-3-5-13-27/h3-26,42H,1-2H3. The summed E-state index contributed by atoms with van der Waals surface area (Å²) < 4.78 is 0. The molecule has 2 aliphatic rings. The predicted octanol–water partition coefficient (Wildman–Crippen LogP) is 10.0. The molecule has 1 N–H and O–H groups in total. The van der Waals surface area contributed by atoms with Crippen molar-refractivity contribution in [1.29, 1.82) is 5.41 Å². The van der Waals surface area contributed by atoms with Crippen molar-refractivity contribution in [3.63, 3.8) is 0 Å². The lowest BCUT2D eigenvalue weighted by Crippen LogP contribution is -2.40. The first-order chi connectivity index (χ1) is 20.5. The molecular weight excluding hydrogens is 506 g/mol. The molecule has 1 spiro atoms. The fourth-order valence-corrected chi connectivity index (χ4v) is 7.80. The highest BCUT2D eigenvalue weighted by molar-refractivity contribution is 5.99. The minimum atomic E-state index is -0.448. The monoisotopic (exact) mass is 537 g/mol. The van der Waals surface area contributed by atoms with Gasteiger partial charge < -0.3 is 5.41 Å². The Balaban J connectivity index is 1.44. The summed E-state index contributed by atoms with van der Waals surface area (Å²) in [5.41, 5.74) is 15.6. The maximum absolute atomic E-state index is 8.43. The van der Waals surface area contributed by atoms with Crippen LogP contribution in [0.2, 0.25) is 0 Å². The Kier molecular flexibility index (Phi) is 5.30. The minimum absolute atomic E-state index is 0.127. The van der Waals surface area contributed by atoms with Crippen LogP contribution in [0.4, 0.5) is 0 Å². The Labute approximate surface area is 247 Å². The van der Waals surface area contributed by atoms with E-state index in [1.54, 1.807) is 0 Å². The lowest BCUT2D eigenvalue weighted by molar-refractivity contribution is 0.563. The highest BCUT2D eigenvalue weighted by Gasteiger charge is 2.53. The number of hydrogen-bond acceptors (Lipinski definition) is 1. The molecule has 0 unspecified atom stereocenters. The Morgan fingerprint density at radius 2 is 0.976 bits per heavy atom. The summed E-state index contributed by atoms with van der Waals surface area (Å²) in [7, 11) is 0. The molecule has 6 aromatic rings. The van der Waals surface area contributed by atoms with Crippen LogP contribution in [-0.4, -0.2) is 6.21 Å². The van der Waals surface area contributed by atoms with E-state index in [0.717, 1.165) is 5.56 Å². The summed E-state index contributed by atoms with van der Waals surface area (Å²) in [5, 5.41) is 8.43. The molecule has 1 nitrogen and oxygen atoms in total. The van der Waals surface area contributed by atoms with Gasteiger partial charge in [0.15, 0.2) is 0 Å². The van der Waals surface area contributed by atoms with Gasteiger partial charge in [-0.2, -0.15) is 0 Å². The first-order valence-electron chi connectivity index (χ1n) is 14.7. The van der Waals surface area contributed by atoms with Gasteiger partial charge in [-0.05, 0) is 78.9 Å². The molecular formula is C41H31N. The maximum atomic E-state index is 8.43. The van der Waals surface area contributed by atoms with Crippen LogP contribution in [0.25, 0.3) is 33.4 Å². The molecule has 0 radical (unpaired) electrons. The van der Waals surface area contributed by atoms with Crippen LogP contribution in [0.3, 0.4) is 0 Å². The summed E-state index contributed by atoms with van der Waals surface area (Å²) in [6, 6.07) is 51.0. The van der Waals surface area contributed by atoms with Crippen molar-refractivity contribution in [3.8, 4) is 33.4 Å². The van der Waals surface area contributed by atoms with Gasteiger partial charge in [-0.25, -0.2) is 0 Å². The molecule has 8 rings (SSSR count). The van der Waals surface area contributed by atoms with Gasteiger partial charge in [0.05, 0.1) is 5.41 Å². The molecule has 0 aliphatic heterocycles. The summed E-state index contributed by atoms with van der Waals surface area (Å²) in [6.45, 7) is 4.70. The molecule has 0 bridgehead atoms. The average Bonchev–Trinajstić information content (AvgIpc) is 3.35. The predicted molar refractivity (Wildman–Crippen MR) is 175 cm³/mol. The molecule has 0 atom stereocenters. The van der Waals surface area contributed by atoms with E-state index in [1.165, 1.54) is 73.0 Å². The minimum Gasteiger partial charge on any atom is -0.308 e. The first kappa shape index (κ1) is 24.8. The molecule has 0 saturated carbocycles. The third-order valence-corrected chi connectivity index (χ3v) is 9.66. The van der Waals surface area contributed by atoms with E-state index in [4.69, 9.17) is 5.41 Å². The normalized spacial score (nSPS) is 14.9. The van der Waals surface area contributed by atoms with E-state index >= 15 is 0 Å². The van der Waals surface area contributed by atoms with Crippen LogP contribution >= 0.6 is 0 Å². The Morgan fingerprint density at radius 3 is 1.64 bits per heavy atom. The Morgan fingerprint density at radius 1 is 0.452 bits per heavy atom. The summed E-state index contributed by atoms with van der Waals surface area (Å²) in [5.74, 6) is 0. The van der Waals surface area contributed by atoms with Crippen molar-refractivity contribution in [2.45, 2.75) is 24.7 Å². The van der Waals surface area contributed by atoms with Crippen molar-refractivity contribution >= 4 is 6.21 Å². The summed E-state index contributed by atoms with van der Waals surface area (Å²) >= 11 is 0. The van der Waals surface area contributed by atoms with Gasteiger partial charge in [-0.15, -0.1) is 0 Å². The zero-order valence-electron chi connectivity index (χ0n) is 23.9. The van der Waals surface area contributed by atoms with Gasteiger partial charge >= 0.3 is 0 Å². The van der Waals surface area contributed by atoms with E-state index in [2.05, 4.69) is 153 Å². The second kappa shape index (κ2) is 8.99. The number of rotatable bonds is 3. The van der Waals surface area contributed by atoms with E-state index in [-0.39, 0.29) is 5.41 Å². The second-order valence-corrected chi connectivity index (χ2v) is 12.1. The van der Waals surface area contributed by atoms with Crippen molar-refractivity contribution < 1.29 is 0 Å². The third-order valence-electron chi connectivity index (χ3n) is 9.66. The van der Waals surface area contributed by atoms with E-state index in [9.17, 15) is 0 Å². The van der Waals surface area contributed by atoms with Gasteiger partial charge in [0, 0.05) is 17.2 Å². The highest BCUT2D eigenvalue weighted by Crippen LogP contribution is 2.62. The highest BCUT2D eigenvalue weighted by atomic mass is 14.5. The Hall–Kier alpha value is -5.01. The van der Waals surface area contributed by atoms with Crippen LogP contribution < -0.4 is 0 Å². The topological polar surface area (TPSA) is 23.9 Å². The molecule has 0 amide bonds. The van der Waals surface area contributed by atoms with Crippen LogP contribution in [-0.2, 0) is 10.8 Å². The first-order valence-corrected chi connectivity index (χ1v) is 14.7. The van der Waals surface area contributed by atoms with Gasteiger partial charge in [-0.3, -0.25) is 0 Å². The largest absolute Gasteiger partial charge is 0.308 e. The zero-order chi connectivity index (χ0) is 28.5. The van der Waals surface area contributed by atoms with Crippen LogP contribution in [0.1, 0.15) is 52.8 Å². The quantitative estimate of drug-likeness (QED) is 0.217. The molecule has 0 fully saturated rings. The summed E-state index contributed by atoms with van der Waals surface area (Å²) in [6.07, 6.45) is 1.52. The van der Waals surface area contributed by atoms with Gasteiger partial charge in [0.25, 0.3) is 0 Å². The van der Waals surface area contributed by atoms with E-state index in [1.807, 2.05) is 0 Å². The smallest absolute Gasteiger partial charge is 0.0719 e. The third kappa shape index (κ3) is 3.22. The van der Waals surface area contributed by atoms with Gasteiger partial charge in [-0.1, -0.05) is 141 Å². The molecule has 0 heterocycles. The lowest BCUT2D eigenvalue weighted by Gasteiger charge is -2.46. The van der Waals surface area contributed by atoms with Gasteiger partial charge in [0.2, 0.25) is 0 Å². The van der Waals surface area contributed by atoms with E-state index in [0.29, 0.717) is 0 Å². The van der Waals surface area contributed by atoms with Crippen LogP contribution in [0, 0.1) is 5.41 Å². The maximum Gasteiger partial charge on any atom is 0.0719 e. The molecule has 0 aromatic heterocycles. The van der Waals surface area contributed by atoms with Crippen molar-refractivity contribution in [2.24, 2.45) is 0 Å². The van der Waals surface area contributed by atoms with Crippen molar-refractivity contribution in [3.05, 3.63) is 178 Å². The number of benzene rings is 6. The van der Waals surface area contributed by atoms with Crippen molar-refractivity contribution in [1.82, 2.24) is 0 Å². The lowest BCUT2D eigenvalue weighted by atomic mass is 9.55. The van der Waals surface area contributed by atoms with Gasteiger partial charge in [0.1, 0.15) is 0 Å². The fraction of sp³-hybridized carbons (Fsp3) is 0.0976. The number of nitrogens with one attached hydrogen (secondary N) is 1. The van der Waals surface area contributed by atoms with Crippen molar-refractivity contribution in [2.75, 3.05) is 0 Å². The molecule has 6 aromatic carbocycles. The van der Waals surface area contributed by atoms with Crippen LogP contribution in [0.15, 0.2) is 140 Å². The molecule has 0 saturated heterocycles.